The SMILES string of the molecule is CC(CN1CCOCC1)NC(=O)c1nn(C(C)(C)C)c2nc(NC(=O)c3cccc(Cl)c3)sc12. The van der Waals surface area contributed by atoms with E-state index in [1.165, 1.54) is 11.3 Å². The molecule has 34 heavy (non-hydrogen) atoms. The van der Waals surface area contributed by atoms with Crippen molar-refractivity contribution in [3.05, 3.63) is 40.5 Å². The molecule has 1 atom stereocenters. The van der Waals surface area contributed by atoms with Crippen LogP contribution in [0.2, 0.25) is 5.02 Å². The Morgan fingerprint density at radius 2 is 1.97 bits per heavy atom. The molecule has 3 heterocycles. The van der Waals surface area contributed by atoms with Crippen LogP contribution < -0.4 is 10.6 Å². The van der Waals surface area contributed by atoms with Gasteiger partial charge < -0.3 is 10.1 Å². The molecule has 3 aromatic rings. The minimum atomic E-state index is -0.404. The number of benzene rings is 1. The first kappa shape index (κ1) is 24.6. The van der Waals surface area contributed by atoms with Gasteiger partial charge in [-0.05, 0) is 45.9 Å². The first-order valence-corrected chi connectivity index (χ1v) is 12.4. The minimum Gasteiger partial charge on any atom is -0.379 e. The Morgan fingerprint density at radius 1 is 1.24 bits per heavy atom. The fourth-order valence-corrected chi connectivity index (χ4v) is 4.89. The van der Waals surface area contributed by atoms with Gasteiger partial charge in [0.2, 0.25) is 0 Å². The molecular formula is C23H29ClN6O3S. The fourth-order valence-electron chi connectivity index (χ4n) is 3.78. The van der Waals surface area contributed by atoms with E-state index < -0.39 is 5.54 Å². The molecule has 0 spiro atoms. The van der Waals surface area contributed by atoms with E-state index in [0.717, 1.165) is 19.6 Å². The normalized spacial score (nSPS) is 15.9. The van der Waals surface area contributed by atoms with E-state index in [-0.39, 0.29) is 17.9 Å². The monoisotopic (exact) mass is 504 g/mol. The number of amides is 2. The number of aromatic nitrogens is 3. The molecule has 1 saturated heterocycles. The summed E-state index contributed by atoms with van der Waals surface area (Å²) in [7, 11) is 0. The highest BCUT2D eigenvalue weighted by atomic mass is 35.5. The third-order valence-corrected chi connectivity index (χ3v) is 6.60. The molecule has 182 valence electrons. The lowest BCUT2D eigenvalue weighted by molar-refractivity contribution is 0.0342. The van der Waals surface area contributed by atoms with Gasteiger partial charge in [0.25, 0.3) is 11.8 Å². The van der Waals surface area contributed by atoms with Crippen molar-refractivity contribution in [1.29, 1.82) is 0 Å². The lowest BCUT2D eigenvalue weighted by atomic mass is 10.1. The number of hydrogen-bond acceptors (Lipinski definition) is 7. The molecule has 0 saturated carbocycles. The average molecular weight is 505 g/mol. The van der Waals surface area contributed by atoms with Crippen molar-refractivity contribution < 1.29 is 14.3 Å². The summed E-state index contributed by atoms with van der Waals surface area (Å²) in [5.41, 5.74) is 0.891. The first-order chi connectivity index (χ1) is 16.1. The van der Waals surface area contributed by atoms with E-state index in [1.54, 1.807) is 28.9 Å². The maximum Gasteiger partial charge on any atom is 0.273 e. The smallest absolute Gasteiger partial charge is 0.273 e. The second kappa shape index (κ2) is 9.99. The second-order valence-corrected chi connectivity index (χ2v) is 10.8. The van der Waals surface area contributed by atoms with Gasteiger partial charge in [-0.2, -0.15) is 10.1 Å². The topological polar surface area (TPSA) is 101 Å². The van der Waals surface area contributed by atoms with Crippen molar-refractivity contribution in [2.45, 2.75) is 39.3 Å². The van der Waals surface area contributed by atoms with E-state index in [9.17, 15) is 9.59 Å². The number of morpholine rings is 1. The van der Waals surface area contributed by atoms with Crippen molar-refractivity contribution in [3.63, 3.8) is 0 Å². The molecule has 0 bridgehead atoms. The van der Waals surface area contributed by atoms with Crippen LogP contribution >= 0.6 is 22.9 Å². The molecule has 2 aromatic heterocycles. The van der Waals surface area contributed by atoms with Crippen LogP contribution in [0.25, 0.3) is 10.3 Å². The Bertz CT molecular complexity index is 1200. The molecule has 1 aromatic carbocycles. The number of carbonyl (C=O) groups excluding carboxylic acids is 2. The van der Waals surface area contributed by atoms with Crippen LogP contribution in [0.15, 0.2) is 24.3 Å². The van der Waals surface area contributed by atoms with Crippen molar-refractivity contribution in [3.8, 4) is 0 Å². The molecule has 9 nitrogen and oxygen atoms in total. The van der Waals surface area contributed by atoms with Crippen LogP contribution in [0.4, 0.5) is 5.13 Å². The predicted octanol–water partition coefficient (Wildman–Crippen LogP) is 3.60. The van der Waals surface area contributed by atoms with Crippen LogP contribution in [0.5, 0.6) is 0 Å². The fraction of sp³-hybridized carbons (Fsp3) is 0.478. The standard InChI is InChI=1S/C23H29ClN6O3S/c1-14(13-29-8-10-33-11-9-29)25-21(32)17-18-19(30(28-17)23(2,3)4)26-22(34-18)27-20(31)15-6-5-7-16(24)12-15/h5-7,12,14H,8-11,13H2,1-4H3,(H,25,32)(H,26,27,31). The Morgan fingerprint density at radius 3 is 2.65 bits per heavy atom. The molecular weight excluding hydrogens is 476 g/mol. The van der Waals surface area contributed by atoms with Gasteiger partial charge in [-0.3, -0.25) is 19.8 Å². The van der Waals surface area contributed by atoms with Gasteiger partial charge >= 0.3 is 0 Å². The van der Waals surface area contributed by atoms with Gasteiger partial charge in [-0.1, -0.05) is 29.0 Å². The van der Waals surface area contributed by atoms with Crippen molar-refractivity contribution >= 4 is 50.2 Å². The van der Waals surface area contributed by atoms with Gasteiger partial charge in [-0.25, -0.2) is 4.68 Å². The third-order valence-electron chi connectivity index (χ3n) is 5.40. The zero-order valence-corrected chi connectivity index (χ0v) is 21.3. The van der Waals surface area contributed by atoms with E-state index in [0.29, 0.717) is 45.0 Å². The van der Waals surface area contributed by atoms with Gasteiger partial charge in [0, 0.05) is 36.3 Å². The Hall–Kier alpha value is -2.53. The van der Waals surface area contributed by atoms with Crippen LogP contribution in [-0.2, 0) is 10.3 Å². The van der Waals surface area contributed by atoms with E-state index in [4.69, 9.17) is 16.3 Å². The summed E-state index contributed by atoms with van der Waals surface area (Å²) >= 11 is 7.24. The molecule has 2 amide bonds. The molecule has 1 aliphatic rings. The molecule has 1 fully saturated rings. The quantitative estimate of drug-likeness (QED) is 0.532. The molecule has 1 unspecified atom stereocenters. The molecule has 1 aliphatic heterocycles. The number of thiazole rings is 1. The summed E-state index contributed by atoms with van der Waals surface area (Å²) in [4.78, 5) is 32.7. The summed E-state index contributed by atoms with van der Waals surface area (Å²) in [6.45, 7) is 11.8. The van der Waals surface area contributed by atoms with Crippen LogP contribution in [0.3, 0.4) is 0 Å². The number of carbonyl (C=O) groups is 2. The Kier molecular flexibility index (Phi) is 7.22. The molecule has 0 radical (unpaired) electrons. The summed E-state index contributed by atoms with van der Waals surface area (Å²) in [5.74, 6) is -0.579. The van der Waals surface area contributed by atoms with E-state index in [2.05, 4.69) is 25.6 Å². The third kappa shape index (κ3) is 5.57. The molecule has 0 aliphatic carbocycles. The first-order valence-electron chi connectivity index (χ1n) is 11.2. The van der Waals surface area contributed by atoms with E-state index in [1.807, 2.05) is 27.7 Å². The highest BCUT2D eigenvalue weighted by Crippen LogP contribution is 2.32. The number of rotatable bonds is 6. The zero-order valence-electron chi connectivity index (χ0n) is 19.7. The summed E-state index contributed by atoms with van der Waals surface area (Å²) < 4.78 is 7.76. The minimum absolute atomic E-state index is 0.0599. The second-order valence-electron chi connectivity index (χ2n) is 9.35. The van der Waals surface area contributed by atoms with Gasteiger partial charge in [0.05, 0.1) is 18.8 Å². The largest absolute Gasteiger partial charge is 0.379 e. The lowest BCUT2D eigenvalue weighted by Crippen LogP contribution is -2.46. The Labute approximate surface area is 207 Å². The van der Waals surface area contributed by atoms with Crippen LogP contribution in [-0.4, -0.2) is 70.4 Å². The maximum atomic E-state index is 13.2. The number of ether oxygens (including phenoxy) is 1. The molecule has 4 rings (SSSR count). The van der Waals surface area contributed by atoms with Crippen molar-refractivity contribution in [1.82, 2.24) is 25.0 Å². The average Bonchev–Trinajstić information content (AvgIpc) is 3.32. The number of fused-ring (bicyclic) bond motifs is 1. The summed E-state index contributed by atoms with van der Waals surface area (Å²) in [6, 6.07) is 6.64. The number of hydrogen-bond donors (Lipinski definition) is 2. The summed E-state index contributed by atoms with van der Waals surface area (Å²) in [6.07, 6.45) is 0. The highest BCUT2D eigenvalue weighted by Gasteiger charge is 2.28. The molecule has 2 N–H and O–H groups in total. The number of anilines is 1. The highest BCUT2D eigenvalue weighted by molar-refractivity contribution is 7.22. The van der Waals surface area contributed by atoms with Crippen LogP contribution in [0.1, 0.15) is 48.5 Å². The van der Waals surface area contributed by atoms with E-state index >= 15 is 0 Å². The zero-order chi connectivity index (χ0) is 24.5. The maximum absolute atomic E-state index is 13.2. The van der Waals surface area contributed by atoms with Gasteiger partial charge in [0.15, 0.2) is 16.5 Å². The number of halogens is 1. The van der Waals surface area contributed by atoms with Crippen molar-refractivity contribution in [2.75, 3.05) is 38.2 Å². The number of nitrogens with one attached hydrogen (secondary N) is 2. The van der Waals surface area contributed by atoms with Gasteiger partial charge in [0.1, 0.15) is 4.70 Å². The lowest BCUT2D eigenvalue weighted by Gasteiger charge is -2.29. The molecule has 11 heteroatoms. The Balaban J connectivity index is 1.57. The summed E-state index contributed by atoms with van der Waals surface area (Å²) in [5, 5.41) is 11.4. The van der Waals surface area contributed by atoms with Crippen molar-refractivity contribution in [2.24, 2.45) is 0 Å². The van der Waals surface area contributed by atoms with Gasteiger partial charge in [-0.15, -0.1) is 0 Å². The predicted molar refractivity (Wildman–Crippen MR) is 134 cm³/mol. The number of nitrogens with zero attached hydrogens (tertiary/aromatic N) is 4. The van der Waals surface area contributed by atoms with Crippen LogP contribution in [0, 0.1) is 0 Å².